The van der Waals surface area contributed by atoms with E-state index in [2.05, 4.69) is 15.3 Å². The largest absolute Gasteiger partial charge is 0.367 e. The Bertz CT molecular complexity index is 523. The van der Waals surface area contributed by atoms with Gasteiger partial charge in [-0.15, -0.1) is 0 Å². The summed E-state index contributed by atoms with van der Waals surface area (Å²) in [6, 6.07) is 6.25. The van der Waals surface area contributed by atoms with E-state index in [0.717, 1.165) is 21.7 Å². The molecule has 3 rings (SSSR count). The summed E-state index contributed by atoms with van der Waals surface area (Å²) in [5, 5.41) is 5.16. The van der Waals surface area contributed by atoms with Gasteiger partial charge in [0, 0.05) is 16.5 Å². The summed E-state index contributed by atoms with van der Waals surface area (Å²) >= 11 is 5.99. The predicted octanol–water partition coefficient (Wildman–Crippen LogP) is 3.25. The van der Waals surface area contributed by atoms with Crippen molar-refractivity contribution in [3.8, 4) is 0 Å². The van der Waals surface area contributed by atoms with E-state index in [1.807, 2.05) is 18.2 Å². The molecule has 1 saturated carbocycles. The number of nitrogens with one attached hydrogen (secondary N) is 1. The van der Waals surface area contributed by atoms with Crippen molar-refractivity contribution >= 4 is 28.3 Å². The number of hydrogen-bond donors (Lipinski definition) is 1. The molecule has 0 amide bonds. The molecule has 0 radical (unpaired) electrons. The fraction of sp³-hybridized carbons (Fsp3) is 0.333. The average molecular weight is 234 g/mol. The minimum absolute atomic E-state index is 0.567. The van der Waals surface area contributed by atoms with Crippen LogP contribution in [0.2, 0.25) is 5.02 Å². The third-order valence-corrected chi connectivity index (χ3v) is 3.28. The van der Waals surface area contributed by atoms with E-state index in [0.29, 0.717) is 6.04 Å². The van der Waals surface area contributed by atoms with Crippen LogP contribution < -0.4 is 5.32 Å². The van der Waals surface area contributed by atoms with Crippen LogP contribution in [-0.4, -0.2) is 16.0 Å². The van der Waals surface area contributed by atoms with Gasteiger partial charge in [0.15, 0.2) is 0 Å². The second kappa shape index (κ2) is 3.91. The van der Waals surface area contributed by atoms with Crippen LogP contribution in [0.15, 0.2) is 24.5 Å². The first-order valence-corrected chi connectivity index (χ1v) is 5.87. The summed E-state index contributed by atoms with van der Waals surface area (Å²) in [6.07, 6.45) is 5.36. The van der Waals surface area contributed by atoms with Gasteiger partial charge in [0.1, 0.15) is 12.1 Å². The van der Waals surface area contributed by atoms with E-state index in [9.17, 15) is 0 Å². The van der Waals surface area contributed by atoms with Gasteiger partial charge < -0.3 is 5.32 Å². The van der Waals surface area contributed by atoms with Crippen molar-refractivity contribution in [2.24, 2.45) is 0 Å². The molecule has 0 aliphatic heterocycles. The molecule has 2 aromatic rings. The van der Waals surface area contributed by atoms with Gasteiger partial charge in [-0.05, 0) is 37.5 Å². The van der Waals surface area contributed by atoms with Crippen LogP contribution in [0.3, 0.4) is 0 Å². The zero-order valence-electron chi connectivity index (χ0n) is 8.78. The third kappa shape index (κ3) is 1.71. The predicted molar refractivity (Wildman–Crippen MR) is 65.8 cm³/mol. The van der Waals surface area contributed by atoms with Gasteiger partial charge in [-0.25, -0.2) is 9.97 Å². The van der Waals surface area contributed by atoms with Gasteiger partial charge in [0.05, 0.1) is 5.52 Å². The molecule has 1 N–H and O–H groups in total. The molecule has 1 aliphatic carbocycles. The van der Waals surface area contributed by atoms with Crippen LogP contribution in [0.25, 0.3) is 10.9 Å². The van der Waals surface area contributed by atoms with Crippen LogP contribution in [0.4, 0.5) is 5.82 Å². The highest BCUT2D eigenvalue weighted by Crippen LogP contribution is 2.27. The first kappa shape index (κ1) is 9.85. The molecule has 3 nitrogen and oxygen atoms in total. The quantitative estimate of drug-likeness (QED) is 0.865. The van der Waals surface area contributed by atoms with Gasteiger partial charge >= 0.3 is 0 Å². The summed E-state index contributed by atoms with van der Waals surface area (Å²) in [5.41, 5.74) is 0.932. The van der Waals surface area contributed by atoms with Gasteiger partial charge in [0.2, 0.25) is 0 Å². The molecular weight excluding hydrogens is 222 g/mol. The Hall–Kier alpha value is -1.35. The minimum atomic E-state index is 0.567. The lowest BCUT2D eigenvalue weighted by Crippen LogP contribution is -2.27. The second-order valence-electron chi connectivity index (χ2n) is 4.16. The molecular formula is C12H12ClN3. The lowest BCUT2D eigenvalue weighted by molar-refractivity contribution is 0.445. The zero-order chi connectivity index (χ0) is 11.0. The lowest BCUT2D eigenvalue weighted by atomic mass is 9.93. The highest BCUT2D eigenvalue weighted by Gasteiger charge is 2.18. The lowest BCUT2D eigenvalue weighted by Gasteiger charge is -2.27. The molecule has 1 fully saturated rings. The third-order valence-electron chi connectivity index (χ3n) is 3.04. The molecule has 16 heavy (non-hydrogen) atoms. The monoisotopic (exact) mass is 233 g/mol. The van der Waals surface area contributed by atoms with Crippen molar-refractivity contribution in [3.63, 3.8) is 0 Å². The van der Waals surface area contributed by atoms with Crippen molar-refractivity contribution in [1.82, 2.24) is 9.97 Å². The number of aromatic nitrogens is 2. The highest BCUT2D eigenvalue weighted by atomic mass is 35.5. The van der Waals surface area contributed by atoms with Crippen LogP contribution in [0, 0.1) is 0 Å². The van der Waals surface area contributed by atoms with Crippen LogP contribution in [-0.2, 0) is 0 Å². The summed E-state index contributed by atoms with van der Waals surface area (Å²) in [5.74, 6) is 0.900. The van der Waals surface area contributed by atoms with Crippen molar-refractivity contribution in [2.45, 2.75) is 25.3 Å². The number of hydrogen-bond acceptors (Lipinski definition) is 3. The highest BCUT2D eigenvalue weighted by molar-refractivity contribution is 6.31. The van der Waals surface area contributed by atoms with Crippen molar-refractivity contribution in [3.05, 3.63) is 29.5 Å². The van der Waals surface area contributed by atoms with Gasteiger partial charge in [-0.3, -0.25) is 0 Å². The minimum Gasteiger partial charge on any atom is -0.367 e. The van der Waals surface area contributed by atoms with E-state index in [-0.39, 0.29) is 0 Å². The van der Waals surface area contributed by atoms with Crippen molar-refractivity contribution < 1.29 is 0 Å². The average Bonchev–Trinajstić information content (AvgIpc) is 2.23. The topological polar surface area (TPSA) is 37.8 Å². The molecule has 0 unspecified atom stereocenters. The molecule has 1 aliphatic rings. The fourth-order valence-electron chi connectivity index (χ4n) is 1.89. The van der Waals surface area contributed by atoms with Crippen LogP contribution in [0.1, 0.15) is 19.3 Å². The van der Waals surface area contributed by atoms with Crippen LogP contribution in [0.5, 0.6) is 0 Å². The first-order valence-electron chi connectivity index (χ1n) is 5.50. The van der Waals surface area contributed by atoms with Crippen molar-refractivity contribution in [2.75, 3.05) is 5.32 Å². The Labute approximate surface area is 98.9 Å². The number of nitrogens with zero attached hydrogens (tertiary/aromatic N) is 2. The molecule has 1 heterocycles. The Balaban J connectivity index is 2.04. The van der Waals surface area contributed by atoms with E-state index in [4.69, 9.17) is 11.6 Å². The molecule has 4 heteroatoms. The molecule has 82 valence electrons. The first-order chi connectivity index (χ1) is 7.83. The van der Waals surface area contributed by atoms with Crippen molar-refractivity contribution in [1.29, 1.82) is 0 Å². The molecule has 1 aromatic carbocycles. The second-order valence-corrected chi connectivity index (χ2v) is 4.59. The summed E-state index contributed by atoms with van der Waals surface area (Å²) < 4.78 is 0. The maximum absolute atomic E-state index is 5.99. The maximum Gasteiger partial charge on any atom is 0.137 e. The zero-order valence-corrected chi connectivity index (χ0v) is 9.54. The van der Waals surface area contributed by atoms with Crippen LogP contribution >= 0.6 is 11.6 Å². The van der Waals surface area contributed by atoms with E-state index in [1.54, 1.807) is 6.33 Å². The standard InChI is InChI=1S/C12H12ClN3/c13-8-4-5-11-10(6-8)12(15-7-14-11)16-9-2-1-3-9/h4-7,9H,1-3H2,(H,14,15,16). The van der Waals surface area contributed by atoms with Gasteiger partial charge in [-0.1, -0.05) is 11.6 Å². The number of rotatable bonds is 2. The molecule has 0 atom stereocenters. The normalized spacial score (nSPS) is 16.1. The SMILES string of the molecule is Clc1ccc2ncnc(NC3CCC3)c2c1. The smallest absolute Gasteiger partial charge is 0.137 e. The summed E-state index contributed by atoms with van der Waals surface area (Å²) in [6.45, 7) is 0. The van der Waals surface area contributed by atoms with Gasteiger partial charge in [0.25, 0.3) is 0 Å². The Morgan fingerprint density at radius 3 is 2.88 bits per heavy atom. The summed E-state index contributed by atoms with van der Waals surface area (Å²) in [7, 11) is 0. The molecule has 0 saturated heterocycles. The number of fused-ring (bicyclic) bond motifs is 1. The fourth-order valence-corrected chi connectivity index (χ4v) is 2.06. The number of benzene rings is 1. The Morgan fingerprint density at radius 2 is 2.12 bits per heavy atom. The Morgan fingerprint density at radius 1 is 1.25 bits per heavy atom. The number of anilines is 1. The van der Waals surface area contributed by atoms with E-state index < -0.39 is 0 Å². The summed E-state index contributed by atoms with van der Waals surface area (Å²) in [4.78, 5) is 8.51. The van der Waals surface area contributed by atoms with Gasteiger partial charge in [-0.2, -0.15) is 0 Å². The van der Waals surface area contributed by atoms with E-state index in [1.165, 1.54) is 19.3 Å². The number of halogens is 1. The molecule has 1 aromatic heterocycles. The van der Waals surface area contributed by atoms with E-state index >= 15 is 0 Å². The molecule has 0 bridgehead atoms. The Kier molecular flexibility index (Phi) is 2.40. The maximum atomic E-state index is 5.99. The molecule has 0 spiro atoms.